The fraction of sp³-hybridized carbons (Fsp3) is 0.574. The number of nitrogens with one attached hydrogen (secondary N) is 4. The molecule has 98 heavy (non-hydrogen) atoms. The number of aromatic nitrogens is 8. The molecule has 0 spiro atoms. The van der Waals surface area contributed by atoms with Crippen molar-refractivity contribution in [2.24, 2.45) is 0 Å². The molecule has 14 unspecified atom stereocenters. The Morgan fingerprint density at radius 2 is 0.878 bits per heavy atom. The molecule has 5 aromatic rings. The topological polar surface area (TPSA) is 427 Å². The lowest BCUT2D eigenvalue weighted by Crippen LogP contribution is -2.33. The predicted molar refractivity (Wildman–Crippen MR) is 342 cm³/mol. The zero-order valence-electron chi connectivity index (χ0n) is 55.1. The zero-order valence-corrected chi connectivity index (χ0v) is 56.9. The molecular weight excluding hydrogens is 1330 g/mol. The summed E-state index contributed by atoms with van der Waals surface area (Å²) in [4.78, 5) is 139. The van der Waals surface area contributed by atoms with Gasteiger partial charge < -0.3 is 43.2 Å². The number of rotatable bonds is 27. The first-order chi connectivity index (χ1) is 46.5. The molecule has 4 aromatic heterocycles. The number of esters is 2. The number of aryl methyl sites for hydroxylation is 6. The van der Waals surface area contributed by atoms with E-state index in [0.29, 0.717) is 24.0 Å². The molecule has 5 N–H and O–H groups in total. The second-order valence-electron chi connectivity index (χ2n) is 23.6. The van der Waals surface area contributed by atoms with Crippen LogP contribution in [0.25, 0.3) is 9.69 Å². The largest absolute Gasteiger partial charge is 0.475 e. The van der Waals surface area contributed by atoms with Crippen LogP contribution in [0.3, 0.4) is 0 Å². The number of aromatic amines is 4. The Hall–Kier alpha value is -8.12. The molecule has 9 rings (SSSR count). The summed E-state index contributed by atoms with van der Waals surface area (Å²) in [7, 11) is -8.92. The van der Waals surface area contributed by atoms with E-state index in [-0.39, 0.29) is 81.7 Å². The molecule has 8 heterocycles. The van der Waals surface area contributed by atoms with E-state index in [1.807, 2.05) is 20.8 Å². The van der Waals surface area contributed by atoms with Crippen LogP contribution in [0.5, 0.6) is 0 Å². The van der Waals surface area contributed by atoms with E-state index in [9.17, 15) is 62.2 Å². The van der Waals surface area contributed by atoms with Crippen LogP contribution in [0.2, 0.25) is 0 Å². The first-order valence-electron chi connectivity index (χ1n) is 31.3. The number of phosphoric acid groups is 2. The molecule has 4 saturated heterocycles. The van der Waals surface area contributed by atoms with Crippen LogP contribution in [-0.2, 0) is 69.5 Å². The van der Waals surface area contributed by atoms with Gasteiger partial charge in [-0.2, -0.15) is 0 Å². The van der Waals surface area contributed by atoms with Gasteiger partial charge in [-0.1, -0.05) is 13.8 Å². The van der Waals surface area contributed by atoms with E-state index in [1.54, 1.807) is 32.9 Å². The fourth-order valence-electron chi connectivity index (χ4n) is 11.0. The highest BCUT2D eigenvalue weighted by Gasteiger charge is 2.47. The van der Waals surface area contributed by atoms with Gasteiger partial charge in [-0.05, 0) is 90.1 Å². The van der Waals surface area contributed by atoms with E-state index in [0.717, 1.165) is 25.8 Å². The first-order valence-corrected chi connectivity index (χ1v) is 34.2. The van der Waals surface area contributed by atoms with Crippen molar-refractivity contribution in [2.45, 2.75) is 181 Å². The molecule has 1 aromatic carbocycles. The third kappa shape index (κ3) is 18.8. The van der Waals surface area contributed by atoms with Gasteiger partial charge >= 0.3 is 50.3 Å². The van der Waals surface area contributed by atoms with Gasteiger partial charge in [0.2, 0.25) is 13.1 Å². The first kappa shape index (κ1) is 75.6. The Morgan fingerprint density at radius 1 is 0.520 bits per heavy atom. The monoisotopic (exact) mass is 1410 g/mol. The van der Waals surface area contributed by atoms with Crippen molar-refractivity contribution in [3.8, 4) is 0 Å². The van der Waals surface area contributed by atoms with E-state index < -0.39 is 160 Å². The number of ether oxygens (including phenoxy) is 6. The second-order valence-corrected chi connectivity index (χ2v) is 26.9. The normalized spacial score (nSPS) is 24.8. The number of carbonyl (C=O) groups excluding carboxylic acids is 2. The minimum Gasteiger partial charge on any atom is -0.461 e. The SMILES string of the molecule is [C-]#[N+]CCOP(=O)(OCC1OC(n2cc(C)c(=O)[nH]c2=O)CC1O)OC1CC(n2cc(C)c(=O)[nH]c2=O)OC1CC.[C-]#[N+]CCOP(=O)(OCC1OC(n2cc(C)c(=O)[nH]c2=O)CC1OC(=O)CCOC(=O)c1cc(C)c(C)c(C)c1)OC1CC(n2cc(C)c(=O)[nH]c2=O)OC1CC. The molecule has 0 amide bonds. The smallest absolute Gasteiger partial charge is 0.461 e. The second kappa shape index (κ2) is 33.2. The molecule has 0 radical (unpaired) electrons. The highest BCUT2D eigenvalue weighted by molar-refractivity contribution is 7.48. The average molecular weight is 1410 g/mol. The molecule has 0 saturated carbocycles. The van der Waals surface area contributed by atoms with Crippen LogP contribution in [0, 0.1) is 61.6 Å². The fourth-order valence-corrected chi connectivity index (χ4v) is 13.8. The molecule has 0 bridgehead atoms. The van der Waals surface area contributed by atoms with Gasteiger partial charge in [0.05, 0.1) is 55.7 Å². The Bertz CT molecular complexity index is 4400. The summed E-state index contributed by atoms with van der Waals surface area (Å²) in [5, 5.41) is 10.6. The lowest BCUT2D eigenvalue weighted by molar-refractivity contribution is -0.153. The molecular formula is C61H78N10O25P2. The van der Waals surface area contributed by atoms with Crippen molar-refractivity contribution < 1.29 is 79.4 Å². The summed E-state index contributed by atoms with van der Waals surface area (Å²) in [6.07, 6.45) is -5.49. The van der Waals surface area contributed by atoms with Crippen LogP contribution in [-0.4, -0.2) is 150 Å². The van der Waals surface area contributed by atoms with Crippen LogP contribution in [0.4, 0.5) is 0 Å². The summed E-state index contributed by atoms with van der Waals surface area (Å²) in [6.45, 7) is 27.3. The third-order valence-electron chi connectivity index (χ3n) is 16.6. The molecule has 35 nitrogen and oxygen atoms in total. The van der Waals surface area contributed by atoms with Crippen LogP contribution >= 0.6 is 15.6 Å². The van der Waals surface area contributed by atoms with E-state index in [2.05, 4.69) is 29.6 Å². The van der Waals surface area contributed by atoms with Crippen molar-refractivity contribution in [1.82, 2.24) is 38.2 Å². The third-order valence-corrected chi connectivity index (χ3v) is 19.6. The van der Waals surface area contributed by atoms with Gasteiger partial charge in [0.15, 0.2) is 0 Å². The van der Waals surface area contributed by atoms with Crippen LogP contribution < -0.4 is 45.0 Å². The zero-order chi connectivity index (χ0) is 71.5. The number of aliphatic hydroxyl groups excluding tert-OH is 1. The van der Waals surface area contributed by atoms with Gasteiger partial charge in [0.25, 0.3) is 22.2 Å². The molecule has 0 aliphatic carbocycles. The number of carbonyl (C=O) groups is 2. The Balaban J connectivity index is 0.000000264. The van der Waals surface area contributed by atoms with Crippen molar-refractivity contribution in [3.63, 3.8) is 0 Å². The summed E-state index contributed by atoms with van der Waals surface area (Å²) < 4.78 is 101. The van der Waals surface area contributed by atoms with Gasteiger partial charge in [-0.25, -0.2) is 46.2 Å². The minimum atomic E-state index is -4.56. The van der Waals surface area contributed by atoms with Gasteiger partial charge in [0, 0.05) is 72.7 Å². The molecule has 532 valence electrons. The molecule has 4 aliphatic rings. The Morgan fingerprint density at radius 3 is 1.27 bits per heavy atom. The number of hydrogen-bond donors (Lipinski definition) is 5. The molecule has 14 atom stereocenters. The Kier molecular flexibility index (Phi) is 25.6. The standard InChI is InChI=1S/C37H46N5O14P.C24H32N5O11P/c1-8-26-28(16-31(53-26)42-18-23(5)34(45)40-37(42)48)56-57(49,51-12-10-38-7)52-19-29-27(15-30(54-29)41-17-22(4)33(44)39-36(41)47)55-32(43)9-11-50-35(46)25-13-20(2)24(6)21(3)14-25;1-5-16-17(9-20(38-16)29-11-14(3)22(32)27-24(29)34)40-41(35,36-7-6-25-4)37-12-18-15(30)8-19(39-18)28-10-13(2)21(31)26-23(28)33/h13-14,17-18,26-31H,8-12,15-16,19H2,1-6H3,(H,39,44,47)(H,40,45,48);10-11,15-20,30H,5-9,12H2,1-3H3,(H,26,31,33)(H,27,32,34). The maximum absolute atomic E-state index is 14.2. The Labute approximate surface area is 558 Å². The summed E-state index contributed by atoms with van der Waals surface area (Å²) >= 11 is 0. The van der Waals surface area contributed by atoms with Crippen molar-refractivity contribution in [2.75, 3.05) is 46.1 Å². The van der Waals surface area contributed by atoms with E-state index in [1.165, 1.54) is 54.7 Å². The van der Waals surface area contributed by atoms with Gasteiger partial charge in [0.1, 0.15) is 63.0 Å². The van der Waals surface area contributed by atoms with Crippen molar-refractivity contribution >= 4 is 27.6 Å². The maximum atomic E-state index is 14.2. The van der Waals surface area contributed by atoms with Crippen molar-refractivity contribution in [3.05, 3.63) is 188 Å². The lowest BCUT2D eigenvalue weighted by atomic mass is 10.0. The number of aliphatic hydroxyl groups is 1. The number of nitrogens with zero attached hydrogens (tertiary/aromatic N) is 6. The molecule has 4 fully saturated rings. The molecule has 37 heteroatoms. The average Bonchev–Trinajstić information content (AvgIpc) is 1.62. The predicted octanol–water partition coefficient (Wildman–Crippen LogP) is 3.71. The van der Waals surface area contributed by atoms with Crippen molar-refractivity contribution in [1.29, 1.82) is 0 Å². The number of hydrogen-bond acceptors (Lipinski definition) is 25. The summed E-state index contributed by atoms with van der Waals surface area (Å²) in [6, 6.07) is 3.40. The quantitative estimate of drug-likeness (QED) is 0.0216. The summed E-state index contributed by atoms with van der Waals surface area (Å²) in [5.74, 6) is -1.39. The van der Waals surface area contributed by atoms with Gasteiger partial charge in [-0.15, -0.1) is 0 Å². The maximum Gasteiger partial charge on any atom is 0.475 e. The number of H-pyrrole nitrogens is 4. The highest BCUT2D eigenvalue weighted by Crippen LogP contribution is 2.55. The number of benzene rings is 1. The van der Waals surface area contributed by atoms with Crippen LogP contribution in [0.1, 0.15) is 133 Å². The number of phosphoric ester groups is 2. The van der Waals surface area contributed by atoms with Gasteiger partial charge in [-0.3, -0.25) is 89.3 Å². The van der Waals surface area contributed by atoms with Crippen LogP contribution in [0.15, 0.2) is 75.3 Å². The minimum absolute atomic E-state index is 0.00739. The van der Waals surface area contributed by atoms with E-state index in [4.69, 9.17) is 68.7 Å². The lowest BCUT2D eigenvalue weighted by Gasteiger charge is -2.25. The highest BCUT2D eigenvalue weighted by atomic mass is 31.2. The van der Waals surface area contributed by atoms with E-state index >= 15 is 0 Å². The summed E-state index contributed by atoms with van der Waals surface area (Å²) in [5.41, 5.74) is -0.821. The molecule has 4 aliphatic heterocycles.